The maximum atomic E-state index is 12.3. The minimum absolute atomic E-state index is 0.172. The Kier molecular flexibility index (Phi) is 7.16. The van der Waals surface area contributed by atoms with E-state index in [1.54, 1.807) is 30.3 Å². The average molecular weight is 481 g/mol. The van der Waals surface area contributed by atoms with Crippen LogP contribution in [0.3, 0.4) is 0 Å². The Balaban J connectivity index is 1.39. The summed E-state index contributed by atoms with van der Waals surface area (Å²) in [6, 6.07) is 20.0. The van der Waals surface area contributed by atoms with Crippen LogP contribution in [0.25, 0.3) is 21.1 Å². The van der Waals surface area contributed by atoms with Crippen molar-refractivity contribution >= 4 is 28.8 Å². The summed E-state index contributed by atoms with van der Waals surface area (Å²) in [5.74, 6) is 0.125. The number of hydrogen-bond acceptors (Lipinski definition) is 6. The summed E-state index contributed by atoms with van der Waals surface area (Å²) < 4.78 is 6.76. The second kappa shape index (κ2) is 10.4. The van der Waals surface area contributed by atoms with Crippen molar-refractivity contribution in [3.8, 4) is 26.9 Å². The predicted octanol–water partition coefficient (Wildman–Crippen LogP) is 4.19. The van der Waals surface area contributed by atoms with Crippen LogP contribution in [0.2, 0.25) is 5.02 Å². The predicted molar refractivity (Wildman–Crippen MR) is 130 cm³/mol. The van der Waals surface area contributed by atoms with E-state index in [0.717, 1.165) is 21.1 Å². The summed E-state index contributed by atoms with van der Waals surface area (Å²) in [6.45, 7) is 2.22. The van der Waals surface area contributed by atoms with Gasteiger partial charge in [-0.25, -0.2) is 9.67 Å². The van der Waals surface area contributed by atoms with E-state index in [2.05, 4.69) is 15.4 Å². The SMILES string of the molecule is Cc1nc(-c2ccccc2)sc1-c1ccc(=O)n(CCNC(=O)COc2ccccc2Cl)n1. The molecule has 0 aliphatic heterocycles. The highest BCUT2D eigenvalue weighted by molar-refractivity contribution is 7.18. The molecule has 0 bridgehead atoms. The van der Waals surface area contributed by atoms with Crippen molar-refractivity contribution in [2.24, 2.45) is 0 Å². The fourth-order valence-electron chi connectivity index (χ4n) is 3.13. The van der Waals surface area contributed by atoms with Crippen molar-refractivity contribution in [1.29, 1.82) is 0 Å². The first-order valence-corrected chi connectivity index (χ1v) is 11.5. The lowest BCUT2D eigenvalue weighted by Gasteiger charge is -2.10. The van der Waals surface area contributed by atoms with Gasteiger partial charge in [0.25, 0.3) is 11.5 Å². The number of hydrogen-bond donors (Lipinski definition) is 1. The lowest BCUT2D eigenvalue weighted by atomic mass is 10.2. The van der Waals surface area contributed by atoms with Crippen molar-refractivity contribution in [3.05, 3.63) is 87.8 Å². The molecule has 2 aromatic carbocycles. The van der Waals surface area contributed by atoms with Gasteiger partial charge < -0.3 is 10.1 Å². The fourth-order valence-corrected chi connectivity index (χ4v) is 4.35. The van der Waals surface area contributed by atoms with Crippen molar-refractivity contribution in [3.63, 3.8) is 0 Å². The molecule has 1 N–H and O–H groups in total. The second-order valence-corrected chi connectivity index (χ2v) is 8.55. The standard InChI is InChI=1S/C24H21ClN4O3S/c1-16-23(33-24(27-16)17-7-3-2-4-8-17)19-11-12-22(31)29(28-19)14-13-26-21(30)15-32-20-10-6-5-9-18(20)25/h2-12H,13-15H2,1H3,(H,26,30). The third kappa shape index (κ3) is 5.66. The minimum Gasteiger partial charge on any atom is -0.482 e. The van der Waals surface area contributed by atoms with Crippen molar-refractivity contribution in [1.82, 2.24) is 20.1 Å². The van der Waals surface area contributed by atoms with Crippen LogP contribution >= 0.6 is 22.9 Å². The van der Waals surface area contributed by atoms with Gasteiger partial charge in [-0.15, -0.1) is 11.3 Å². The molecule has 9 heteroatoms. The van der Waals surface area contributed by atoms with Gasteiger partial charge in [0.15, 0.2) is 6.61 Å². The first kappa shape index (κ1) is 22.7. The highest BCUT2D eigenvalue weighted by Gasteiger charge is 2.14. The van der Waals surface area contributed by atoms with Crippen LogP contribution in [0.5, 0.6) is 5.75 Å². The summed E-state index contributed by atoms with van der Waals surface area (Å²) in [4.78, 5) is 29.9. The topological polar surface area (TPSA) is 86.1 Å². The summed E-state index contributed by atoms with van der Waals surface area (Å²) >= 11 is 7.54. The van der Waals surface area contributed by atoms with Crippen LogP contribution in [-0.2, 0) is 11.3 Å². The Morgan fingerprint density at radius 1 is 1.09 bits per heavy atom. The molecule has 0 aliphatic carbocycles. The summed E-state index contributed by atoms with van der Waals surface area (Å²) in [7, 11) is 0. The number of rotatable bonds is 8. The molecule has 0 saturated carbocycles. The largest absolute Gasteiger partial charge is 0.482 e. The molecular formula is C24H21ClN4O3S. The highest BCUT2D eigenvalue weighted by Crippen LogP contribution is 2.33. The number of thiazole rings is 1. The summed E-state index contributed by atoms with van der Waals surface area (Å²) in [6.07, 6.45) is 0. The first-order chi connectivity index (χ1) is 16.0. The number of nitrogens with zero attached hydrogens (tertiary/aromatic N) is 3. The maximum Gasteiger partial charge on any atom is 0.266 e. The number of amides is 1. The fraction of sp³-hybridized carbons (Fsp3) is 0.167. The van der Waals surface area contributed by atoms with Gasteiger partial charge in [-0.05, 0) is 25.1 Å². The van der Waals surface area contributed by atoms with E-state index in [1.807, 2.05) is 37.3 Å². The van der Waals surface area contributed by atoms with Crippen LogP contribution in [0.4, 0.5) is 0 Å². The van der Waals surface area contributed by atoms with E-state index < -0.39 is 0 Å². The van der Waals surface area contributed by atoms with Gasteiger partial charge in [-0.3, -0.25) is 9.59 Å². The van der Waals surface area contributed by atoms with E-state index >= 15 is 0 Å². The Morgan fingerprint density at radius 3 is 2.64 bits per heavy atom. The summed E-state index contributed by atoms with van der Waals surface area (Å²) in [5, 5.41) is 8.55. The smallest absolute Gasteiger partial charge is 0.266 e. The zero-order chi connectivity index (χ0) is 23.2. The highest BCUT2D eigenvalue weighted by atomic mass is 35.5. The van der Waals surface area contributed by atoms with Crippen molar-refractivity contribution in [2.75, 3.05) is 13.2 Å². The number of para-hydroxylation sites is 1. The molecule has 33 heavy (non-hydrogen) atoms. The molecule has 0 atom stereocenters. The van der Waals surface area contributed by atoms with Crippen LogP contribution in [0, 0.1) is 6.92 Å². The van der Waals surface area contributed by atoms with E-state index in [9.17, 15) is 9.59 Å². The molecule has 2 heterocycles. The molecular weight excluding hydrogens is 460 g/mol. The molecule has 7 nitrogen and oxygen atoms in total. The number of carbonyl (C=O) groups is 1. The van der Waals surface area contributed by atoms with Gasteiger partial charge in [-0.1, -0.05) is 54.1 Å². The second-order valence-electron chi connectivity index (χ2n) is 7.15. The molecule has 0 unspecified atom stereocenters. The number of halogens is 1. The Bertz CT molecular complexity index is 1320. The average Bonchev–Trinajstić information content (AvgIpc) is 3.22. The molecule has 168 valence electrons. The van der Waals surface area contributed by atoms with Crippen LogP contribution in [-0.4, -0.2) is 33.8 Å². The van der Waals surface area contributed by atoms with E-state index in [4.69, 9.17) is 16.3 Å². The molecule has 4 aromatic rings. The van der Waals surface area contributed by atoms with E-state index in [-0.39, 0.29) is 31.2 Å². The molecule has 0 aliphatic rings. The molecule has 1 amide bonds. The van der Waals surface area contributed by atoms with Gasteiger partial charge in [0.2, 0.25) is 0 Å². The lowest BCUT2D eigenvalue weighted by molar-refractivity contribution is -0.123. The van der Waals surface area contributed by atoms with Crippen LogP contribution in [0.1, 0.15) is 5.69 Å². The quantitative estimate of drug-likeness (QED) is 0.408. The van der Waals surface area contributed by atoms with Crippen molar-refractivity contribution < 1.29 is 9.53 Å². The Labute approximate surface area is 199 Å². The number of ether oxygens (including phenoxy) is 1. The van der Waals surface area contributed by atoms with Crippen LogP contribution in [0.15, 0.2) is 71.5 Å². The van der Waals surface area contributed by atoms with Gasteiger partial charge in [-0.2, -0.15) is 5.10 Å². The molecule has 2 aromatic heterocycles. The number of carbonyl (C=O) groups excluding carboxylic acids is 1. The molecule has 0 radical (unpaired) electrons. The molecule has 0 saturated heterocycles. The third-order valence-electron chi connectivity index (χ3n) is 4.76. The molecule has 0 spiro atoms. The lowest BCUT2D eigenvalue weighted by Crippen LogP contribution is -2.34. The van der Waals surface area contributed by atoms with Gasteiger partial charge >= 0.3 is 0 Å². The third-order valence-corrected chi connectivity index (χ3v) is 6.30. The molecule has 4 rings (SSSR count). The van der Waals surface area contributed by atoms with Gasteiger partial charge in [0, 0.05) is 18.2 Å². The van der Waals surface area contributed by atoms with E-state index in [0.29, 0.717) is 16.5 Å². The van der Waals surface area contributed by atoms with Crippen molar-refractivity contribution in [2.45, 2.75) is 13.5 Å². The van der Waals surface area contributed by atoms with E-state index in [1.165, 1.54) is 22.1 Å². The monoisotopic (exact) mass is 480 g/mol. The van der Waals surface area contributed by atoms with Gasteiger partial charge in [0.05, 0.1) is 22.1 Å². The normalized spacial score (nSPS) is 10.7. The number of aromatic nitrogens is 3. The van der Waals surface area contributed by atoms with Gasteiger partial charge in [0.1, 0.15) is 16.5 Å². The number of aryl methyl sites for hydroxylation is 1. The first-order valence-electron chi connectivity index (χ1n) is 10.3. The zero-order valence-corrected chi connectivity index (χ0v) is 19.4. The number of nitrogens with one attached hydrogen (secondary N) is 1. The summed E-state index contributed by atoms with van der Waals surface area (Å²) in [5.41, 5.74) is 2.30. The number of benzene rings is 2. The Hall–Kier alpha value is -3.49. The molecule has 0 fully saturated rings. The zero-order valence-electron chi connectivity index (χ0n) is 17.8. The Morgan fingerprint density at radius 2 is 1.85 bits per heavy atom. The maximum absolute atomic E-state index is 12.3. The van der Waals surface area contributed by atoms with Crippen LogP contribution < -0.4 is 15.6 Å². The minimum atomic E-state index is -0.315.